The number of nitrogens with one attached hydrogen (secondary N) is 2. The second-order valence-corrected chi connectivity index (χ2v) is 3.08. The Balaban J connectivity index is 2.43. The third-order valence-electron chi connectivity index (χ3n) is 1.61. The summed E-state index contributed by atoms with van der Waals surface area (Å²) >= 11 is 5.76. The maximum atomic E-state index is 5.76. The Kier molecular flexibility index (Phi) is 1.66. The number of nitrogens with zero attached hydrogens (tertiary/aromatic N) is 1. The smallest absolute Gasteiger partial charge is 0.154 e. The van der Waals surface area contributed by atoms with Crippen molar-refractivity contribution in [3.8, 4) is 0 Å². The van der Waals surface area contributed by atoms with Crippen LogP contribution in [0.3, 0.4) is 0 Å². The Bertz CT molecular complexity index is 346. The molecule has 1 aliphatic rings. The van der Waals surface area contributed by atoms with Gasteiger partial charge in [0.1, 0.15) is 0 Å². The molecule has 2 rings (SSSR count). The number of anilines is 2. The monoisotopic (exact) mass is 181 g/mol. The molecule has 0 fully saturated rings. The zero-order valence-corrected chi connectivity index (χ0v) is 7.31. The SMILES string of the molecule is CC1=CNc2cc(Cl)cnc2N1. The predicted molar refractivity (Wildman–Crippen MR) is 50.2 cm³/mol. The van der Waals surface area contributed by atoms with Crippen molar-refractivity contribution in [1.29, 1.82) is 0 Å². The molecular weight excluding hydrogens is 174 g/mol. The number of hydrogen-bond donors (Lipinski definition) is 2. The highest BCUT2D eigenvalue weighted by Gasteiger charge is 2.07. The van der Waals surface area contributed by atoms with Crippen molar-refractivity contribution in [1.82, 2.24) is 4.98 Å². The molecule has 0 atom stereocenters. The Morgan fingerprint density at radius 1 is 1.50 bits per heavy atom. The summed E-state index contributed by atoms with van der Waals surface area (Å²) in [5.41, 5.74) is 1.95. The first kappa shape index (κ1) is 7.43. The van der Waals surface area contributed by atoms with E-state index in [4.69, 9.17) is 11.6 Å². The molecule has 0 saturated carbocycles. The number of pyridine rings is 1. The molecule has 0 bridgehead atoms. The quantitative estimate of drug-likeness (QED) is 0.646. The van der Waals surface area contributed by atoms with E-state index in [1.165, 1.54) is 0 Å². The lowest BCUT2D eigenvalue weighted by Gasteiger charge is -2.16. The van der Waals surface area contributed by atoms with Crippen LogP contribution >= 0.6 is 11.6 Å². The molecule has 62 valence electrons. The first-order valence-electron chi connectivity index (χ1n) is 3.61. The van der Waals surface area contributed by atoms with E-state index in [9.17, 15) is 0 Å². The molecule has 2 heterocycles. The second kappa shape index (κ2) is 2.68. The molecule has 0 radical (unpaired) electrons. The molecule has 1 aromatic rings. The molecule has 1 aliphatic heterocycles. The van der Waals surface area contributed by atoms with Crippen LogP contribution in [0.4, 0.5) is 11.5 Å². The average Bonchev–Trinajstić information content (AvgIpc) is 2.05. The molecule has 0 amide bonds. The van der Waals surface area contributed by atoms with Crippen LogP contribution in [-0.4, -0.2) is 4.98 Å². The molecule has 3 nitrogen and oxygen atoms in total. The van der Waals surface area contributed by atoms with E-state index in [1.807, 2.05) is 19.2 Å². The van der Waals surface area contributed by atoms with Crippen molar-refractivity contribution in [3.05, 3.63) is 29.2 Å². The van der Waals surface area contributed by atoms with Crippen LogP contribution in [0.2, 0.25) is 5.02 Å². The first-order chi connectivity index (χ1) is 5.75. The Labute approximate surface area is 75.5 Å². The molecule has 0 aliphatic carbocycles. The minimum Gasteiger partial charge on any atom is -0.357 e. The van der Waals surface area contributed by atoms with Crippen molar-refractivity contribution in [3.63, 3.8) is 0 Å². The van der Waals surface area contributed by atoms with Crippen molar-refractivity contribution >= 4 is 23.1 Å². The van der Waals surface area contributed by atoms with Crippen LogP contribution in [-0.2, 0) is 0 Å². The Morgan fingerprint density at radius 2 is 2.33 bits per heavy atom. The van der Waals surface area contributed by atoms with E-state index in [-0.39, 0.29) is 0 Å². The first-order valence-corrected chi connectivity index (χ1v) is 3.99. The summed E-state index contributed by atoms with van der Waals surface area (Å²) in [6.45, 7) is 1.96. The molecule has 2 N–H and O–H groups in total. The fourth-order valence-corrected chi connectivity index (χ4v) is 1.22. The van der Waals surface area contributed by atoms with Gasteiger partial charge in [-0.1, -0.05) is 11.6 Å². The molecule has 0 saturated heterocycles. The van der Waals surface area contributed by atoms with Crippen molar-refractivity contribution in [2.45, 2.75) is 6.92 Å². The van der Waals surface area contributed by atoms with E-state index < -0.39 is 0 Å². The van der Waals surface area contributed by atoms with Gasteiger partial charge in [-0.05, 0) is 13.0 Å². The summed E-state index contributed by atoms with van der Waals surface area (Å²) in [6.07, 6.45) is 3.49. The van der Waals surface area contributed by atoms with Gasteiger partial charge in [-0.15, -0.1) is 0 Å². The largest absolute Gasteiger partial charge is 0.357 e. The van der Waals surface area contributed by atoms with Crippen LogP contribution < -0.4 is 10.6 Å². The van der Waals surface area contributed by atoms with Gasteiger partial charge in [0.15, 0.2) is 5.82 Å². The molecule has 0 unspecified atom stereocenters. The van der Waals surface area contributed by atoms with Gasteiger partial charge in [0.25, 0.3) is 0 Å². The third kappa shape index (κ3) is 1.23. The van der Waals surface area contributed by atoms with Crippen LogP contribution in [0.15, 0.2) is 24.2 Å². The number of hydrogen-bond acceptors (Lipinski definition) is 3. The fourth-order valence-electron chi connectivity index (χ4n) is 1.06. The fraction of sp³-hybridized carbons (Fsp3) is 0.125. The maximum Gasteiger partial charge on any atom is 0.154 e. The van der Waals surface area contributed by atoms with E-state index in [2.05, 4.69) is 15.6 Å². The second-order valence-electron chi connectivity index (χ2n) is 2.65. The van der Waals surface area contributed by atoms with E-state index in [0.29, 0.717) is 5.02 Å². The molecule has 1 aromatic heterocycles. The van der Waals surface area contributed by atoms with Crippen LogP contribution in [0.5, 0.6) is 0 Å². The van der Waals surface area contributed by atoms with Crippen molar-refractivity contribution < 1.29 is 0 Å². The number of rotatable bonds is 0. The summed E-state index contributed by atoms with van der Waals surface area (Å²) in [6, 6.07) is 1.83. The Hall–Kier alpha value is -1.22. The van der Waals surface area contributed by atoms with Gasteiger partial charge in [-0.3, -0.25) is 0 Å². The van der Waals surface area contributed by atoms with Gasteiger partial charge in [-0.2, -0.15) is 0 Å². The van der Waals surface area contributed by atoms with Crippen LogP contribution in [0.1, 0.15) is 6.92 Å². The zero-order valence-electron chi connectivity index (χ0n) is 6.56. The minimum atomic E-state index is 0.635. The molecular formula is C8H8ClN3. The lowest BCUT2D eigenvalue weighted by atomic mass is 10.3. The van der Waals surface area contributed by atoms with Gasteiger partial charge in [0.2, 0.25) is 0 Å². The number of halogens is 1. The zero-order chi connectivity index (χ0) is 8.55. The summed E-state index contributed by atoms with van der Waals surface area (Å²) in [5, 5.41) is 6.83. The number of allylic oxidation sites excluding steroid dienone is 1. The predicted octanol–water partition coefficient (Wildman–Crippen LogP) is 2.43. The van der Waals surface area contributed by atoms with E-state index in [1.54, 1.807) is 6.20 Å². The Morgan fingerprint density at radius 3 is 3.17 bits per heavy atom. The maximum absolute atomic E-state index is 5.76. The van der Waals surface area contributed by atoms with Gasteiger partial charge in [0, 0.05) is 18.1 Å². The summed E-state index contributed by atoms with van der Waals surface area (Å²) in [7, 11) is 0. The van der Waals surface area contributed by atoms with Gasteiger partial charge in [0.05, 0.1) is 10.7 Å². The lowest BCUT2D eigenvalue weighted by molar-refractivity contribution is 1.22. The highest BCUT2D eigenvalue weighted by atomic mass is 35.5. The third-order valence-corrected chi connectivity index (χ3v) is 1.82. The highest BCUT2D eigenvalue weighted by Crippen LogP contribution is 2.26. The molecule has 4 heteroatoms. The average molecular weight is 182 g/mol. The highest BCUT2D eigenvalue weighted by molar-refractivity contribution is 6.30. The molecule has 12 heavy (non-hydrogen) atoms. The van der Waals surface area contributed by atoms with E-state index >= 15 is 0 Å². The number of fused-ring (bicyclic) bond motifs is 1. The molecule has 0 aromatic carbocycles. The van der Waals surface area contributed by atoms with Gasteiger partial charge >= 0.3 is 0 Å². The molecule has 0 spiro atoms. The summed E-state index contributed by atoms with van der Waals surface area (Å²) in [4.78, 5) is 4.12. The summed E-state index contributed by atoms with van der Waals surface area (Å²) < 4.78 is 0. The van der Waals surface area contributed by atoms with Crippen LogP contribution in [0.25, 0.3) is 0 Å². The van der Waals surface area contributed by atoms with Crippen molar-refractivity contribution in [2.24, 2.45) is 0 Å². The van der Waals surface area contributed by atoms with Crippen LogP contribution in [0, 0.1) is 0 Å². The lowest BCUT2D eigenvalue weighted by Crippen LogP contribution is -2.08. The van der Waals surface area contributed by atoms with E-state index in [0.717, 1.165) is 17.2 Å². The normalized spacial score (nSPS) is 14.0. The van der Waals surface area contributed by atoms with Gasteiger partial charge < -0.3 is 10.6 Å². The minimum absolute atomic E-state index is 0.635. The van der Waals surface area contributed by atoms with Gasteiger partial charge in [-0.25, -0.2) is 4.98 Å². The van der Waals surface area contributed by atoms with Crippen molar-refractivity contribution in [2.75, 3.05) is 10.6 Å². The standard InChI is InChI=1S/C8H8ClN3/c1-5-3-10-7-2-6(9)4-11-8(7)12-5/h2-4,10H,1H3,(H,11,12). The topological polar surface area (TPSA) is 37.0 Å². The number of aromatic nitrogens is 1. The summed E-state index contributed by atoms with van der Waals surface area (Å²) in [5.74, 6) is 0.819.